The van der Waals surface area contributed by atoms with Crippen LogP contribution in [0.15, 0.2) is 52.4 Å². The molecule has 140 valence electrons. The Hall–Kier alpha value is -2.38. The first-order valence-electron chi connectivity index (χ1n) is 8.44. The lowest BCUT2D eigenvalue weighted by atomic mass is 10.2. The Labute approximate surface area is 155 Å². The average Bonchev–Trinajstić information content (AvgIpc) is 2.61. The number of phenols is 1. The molecule has 0 spiro atoms. The molecule has 0 aliphatic heterocycles. The first-order chi connectivity index (χ1) is 12.3. The molecule has 0 amide bonds. The van der Waals surface area contributed by atoms with Crippen LogP contribution >= 0.6 is 0 Å². The van der Waals surface area contributed by atoms with E-state index in [1.165, 1.54) is 10.5 Å². The number of hydrogen-bond acceptors (Lipinski definition) is 5. The van der Waals surface area contributed by atoms with Gasteiger partial charge in [0.2, 0.25) is 10.0 Å². The third-order valence-electron chi connectivity index (χ3n) is 4.05. The second-order valence-electron chi connectivity index (χ2n) is 5.95. The van der Waals surface area contributed by atoms with Gasteiger partial charge in [-0.25, -0.2) is 8.42 Å². The van der Waals surface area contributed by atoms with E-state index in [0.29, 0.717) is 24.3 Å². The number of benzene rings is 2. The Bertz CT molecular complexity index is 889. The zero-order valence-corrected chi connectivity index (χ0v) is 16.4. The van der Waals surface area contributed by atoms with Gasteiger partial charge in [0, 0.05) is 39.0 Å². The Kier molecular flexibility index (Phi) is 6.39. The van der Waals surface area contributed by atoms with Gasteiger partial charge in [0.25, 0.3) is 0 Å². The van der Waals surface area contributed by atoms with Crippen LogP contribution in [0.1, 0.15) is 19.4 Å². The van der Waals surface area contributed by atoms with Crippen LogP contribution in [0.3, 0.4) is 0 Å². The number of aliphatic imine (C=N–C) groups is 1. The normalized spacial score (nSPS) is 12.0. The molecule has 7 heteroatoms. The highest BCUT2D eigenvalue weighted by molar-refractivity contribution is 7.89. The molecule has 2 rings (SSSR count). The third-order valence-corrected chi connectivity index (χ3v) is 6.10. The van der Waals surface area contributed by atoms with Crippen molar-refractivity contribution in [1.29, 1.82) is 0 Å². The molecule has 0 fully saturated rings. The Morgan fingerprint density at radius 3 is 2.31 bits per heavy atom. The fraction of sp³-hybridized carbons (Fsp3) is 0.316. The number of para-hydroxylation sites is 1. The largest absolute Gasteiger partial charge is 0.507 e. The highest BCUT2D eigenvalue weighted by atomic mass is 32.2. The van der Waals surface area contributed by atoms with Crippen LogP contribution in [0.5, 0.6) is 5.75 Å². The fourth-order valence-corrected chi connectivity index (χ4v) is 4.07. The van der Waals surface area contributed by atoms with Gasteiger partial charge in [-0.2, -0.15) is 4.31 Å². The molecule has 0 aliphatic rings. The summed E-state index contributed by atoms with van der Waals surface area (Å²) in [6.45, 7) is 4.44. The molecule has 0 aromatic heterocycles. The number of rotatable bonds is 7. The summed E-state index contributed by atoms with van der Waals surface area (Å²) in [7, 11) is 0.170. The lowest BCUT2D eigenvalue weighted by Crippen LogP contribution is -2.30. The first-order valence-corrected chi connectivity index (χ1v) is 9.88. The summed E-state index contributed by atoms with van der Waals surface area (Å²) in [5.74, 6) is 0.120. The number of anilines is 1. The summed E-state index contributed by atoms with van der Waals surface area (Å²) in [6, 6.07) is 11.8. The molecular formula is C19H25N3O3S. The van der Waals surface area contributed by atoms with Crippen LogP contribution in [0.2, 0.25) is 0 Å². The van der Waals surface area contributed by atoms with Crippen molar-refractivity contribution in [3.8, 4) is 5.75 Å². The van der Waals surface area contributed by atoms with Gasteiger partial charge in [0.15, 0.2) is 0 Å². The van der Waals surface area contributed by atoms with Crippen molar-refractivity contribution < 1.29 is 13.5 Å². The van der Waals surface area contributed by atoms with Crippen LogP contribution in [0, 0.1) is 0 Å². The van der Waals surface area contributed by atoms with Gasteiger partial charge in [-0.3, -0.25) is 4.99 Å². The minimum Gasteiger partial charge on any atom is -0.507 e. The molecule has 0 saturated carbocycles. The van der Waals surface area contributed by atoms with Crippen molar-refractivity contribution in [1.82, 2.24) is 4.31 Å². The predicted molar refractivity (Wildman–Crippen MR) is 106 cm³/mol. The predicted octanol–water partition coefficient (Wildman–Crippen LogP) is 3.24. The lowest BCUT2D eigenvalue weighted by molar-refractivity contribution is 0.445. The number of aromatic hydroxyl groups is 1. The van der Waals surface area contributed by atoms with Gasteiger partial charge in [-0.05, 0) is 30.3 Å². The average molecular weight is 375 g/mol. The van der Waals surface area contributed by atoms with E-state index in [1.807, 2.05) is 32.8 Å². The fourth-order valence-electron chi connectivity index (χ4n) is 2.59. The molecule has 26 heavy (non-hydrogen) atoms. The molecule has 0 radical (unpaired) electrons. The van der Waals surface area contributed by atoms with Gasteiger partial charge >= 0.3 is 0 Å². The van der Waals surface area contributed by atoms with Crippen LogP contribution in [0.4, 0.5) is 11.4 Å². The van der Waals surface area contributed by atoms with E-state index in [1.54, 1.807) is 42.5 Å². The molecule has 0 heterocycles. The van der Waals surface area contributed by atoms with Crippen molar-refractivity contribution in [2.24, 2.45) is 4.99 Å². The standard InChI is InChI=1S/C19H25N3O3S/c1-5-22(6-2)26(24,25)16-11-12-18(21(3)4)17(13-16)20-14-15-9-7-8-10-19(15)23/h7-14,23H,5-6H2,1-4H3. The van der Waals surface area contributed by atoms with E-state index < -0.39 is 10.0 Å². The van der Waals surface area contributed by atoms with Crippen molar-refractivity contribution in [2.75, 3.05) is 32.1 Å². The molecule has 2 aromatic carbocycles. The third kappa shape index (κ3) is 4.23. The Morgan fingerprint density at radius 2 is 1.73 bits per heavy atom. The van der Waals surface area contributed by atoms with Gasteiger partial charge in [-0.15, -0.1) is 0 Å². The highest BCUT2D eigenvalue weighted by Gasteiger charge is 2.22. The van der Waals surface area contributed by atoms with Crippen LogP contribution in [-0.2, 0) is 10.0 Å². The van der Waals surface area contributed by atoms with Gasteiger partial charge < -0.3 is 10.0 Å². The topological polar surface area (TPSA) is 73.2 Å². The van der Waals surface area contributed by atoms with Gasteiger partial charge in [0.1, 0.15) is 5.75 Å². The summed E-state index contributed by atoms with van der Waals surface area (Å²) in [6.07, 6.45) is 1.53. The molecule has 1 N–H and O–H groups in total. The van der Waals surface area contributed by atoms with E-state index in [0.717, 1.165) is 5.69 Å². The van der Waals surface area contributed by atoms with Crippen molar-refractivity contribution in [3.05, 3.63) is 48.0 Å². The Balaban J connectivity index is 2.52. The van der Waals surface area contributed by atoms with E-state index in [9.17, 15) is 13.5 Å². The molecular weight excluding hydrogens is 350 g/mol. The summed E-state index contributed by atoms with van der Waals surface area (Å²) in [5, 5.41) is 9.88. The van der Waals surface area contributed by atoms with Crippen LogP contribution in [-0.4, -0.2) is 51.2 Å². The SMILES string of the molecule is CCN(CC)S(=O)(=O)c1ccc(N(C)C)c(N=Cc2ccccc2O)c1. The summed E-state index contributed by atoms with van der Waals surface area (Å²) < 4.78 is 27.0. The molecule has 2 aromatic rings. The zero-order chi connectivity index (χ0) is 19.3. The summed E-state index contributed by atoms with van der Waals surface area (Å²) in [4.78, 5) is 6.51. The molecule has 0 atom stereocenters. The quantitative estimate of drug-likeness (QED) is 0.754. The minimum absolute atomic E-state index is 0.120. The maximum atomic E-state index is 12.8. The van der Waals surface area contributed by atoms with E-state index in [-0.39, 0.29) is 10.6 Å². The van der Waals surface area contributed by atoms with Crippen molar-refractivity contribution in [2.45, 2.75) is 18.7 Å². The molecule has 6 nitrogen and oxygen atoms in total. The number of sulfonamides is 1. The lowest BCUT2D eigenvalue weighted by Gasteiger charge is -2.20. The van der Waals surface area contributed by atoms with Gasteiger partial charge in [0.05, 0.1) is 16.3 Å². The Morgan fingerprint density at radius 1 is 1.08 bits per heavy atom. The summed E-state index contributed by atoms with van der Waals surface area (Å²) in [5.41, 5.74) is 1.87. The number of phenolic OH excluding ortho intramolecular Hbond substituents is 1. The smallest absolute Gasteiger partial charge is 0.243 e. The minimum atomic E-state index is -3.57. The number of hydrogen-bond donors (Lipinski definition) is 1. The van der Waals surface area contributed by atoms with Crippen LogP contribution < -0.4 is 4.90 Å². The van der Waals surface area contributed by atoms with E-state index in [4.69, 9.17) is 0 Å². The second-order valence-corrected chi connectivity index (χ2v) is 7.89. The molecule has 0 aliphatic carbocycles. The summed E-state index contributed by atoms with van der Waals surface area (Å²) >= 11 is 0. The van der Waals surface area contributed by atoms with Gasteiger partial charge in [-0.1, -0.05) is 26.0 Å². The molecule has 0 bridgehead atoms. The second kappa shape index (κ2) is 8.33. The number of nitrogens with zero attached hydrogens (tertiary/aromatic N) is 3. The van der Waals surface area contributed by atoms with E-state index in [2.05, 4.69) is 4.99 Å². The molecule has 0 saturated heterocycles. The van der Waals surface area contributed by atoms with Crippen molar-refractivity contribution >= 4 is 27.6 Å². The monoisotopic (exact) mass is 375 g/mol. The van der Waals surface area contributed by atoms with E-state index >= 15 is 0 Å². The molecule has 0 unspecified atom stereocenters. The highest BCUT2D eigenvalue weighted by Crippen LogP contribution is 2.31. The van der Waals surface area contributed by atoms with Crippen LogP contribution in [0.25, 0.3) is 0 Å². The zero-order valence-electron chi connectivity index (χ0n) is 15.5. The first kappa shape index (κ1) is 19.9. The van der Waals surface area contributed by atoms with Crippen molar-refractivity contribution in [3.63, 3.8) is 0 Å². The maximum Gasteiger partial charge on any atom is 0.243 e. The maximum absolute atomic E-state index is 12.8.